The summed E-state index contributed by atoms with van der Waals surface area (Å²) < 4.78 is 0. The minimum Gasteiger partial charge on any atom is -0.398 e. The quantitative estimate of drug-likeness (QED) is 0.105. The highest BCUT2D eigenvalue weighted by atomic mass is 14.8. The molecule has 8 heteroatoms. The standard InChI is InChI=1S/C47H38N8/c1-4-15-42(49-3)45-24-12-22-41(53-45)36-31-34(39-21-13-25-46(54-39)43-19-6-9-28-51-43)33(37(48)17-11-16-32(2)38-18-5-8-27-50-38)30-35(36)40-23-14-26-47(55-40)44-20-7-10-29-52-44/h4-31H,2,48H2,1,3H3/b15-4-,16-11-,37-17-,49-42+. The fraction of sp³-hybridized carbons (Fsp3) is 0.0426. The third-order valence-corrected chi connectivity index (χ3v) is 8.79. The molecule has 0 aliphatic carbocycles. The van der Waals surface area contributed by atoms with Gasteiger partial charge < -0.3 is 5.73 Å². The van der Waals surface area contributed by atoms with Gasteiger partial charge in [0.05, 0.1) is 57.0 Å². The van der Waals surface area contributed by atoms with Crippen LogP contribution in [0.4, 0.5) is 0 Å². The van der Waals surface area contributed by atoms with Crippen LogP contribution in [0.5, 0.6) is 0 Å². The molecule has 0 atom stereocenters. The topological polar surface area (TPSA) is 116 Å². The Balaban J connectivity index is 1.47. The van der Waals surface area contributed by atoms with E-state index in [0.717, 1.165) is 84.8 Å². The summed E-state index contributed by atoms with van der Waals surface area (Å²) >= 11 is 0. The second kappa shape index (κ2) is 16.9. The molecular weight excluding hydrogens is 677 g/mol. The average Bonchev–Trinajstić information content (AvgIpc) is 3.26. The van der Waals surface area contributed by atoms with Gasteiger partial charge in [0.2, 0.25) is 0 Å². The summed E-state index contributed by atoms with van der Waals surface area (Å²) in [6.07, 6.45) is 14.8. The number of nitrogens with zero attached hydrogens (tertiary/aromatic N) is 7. The third-order valence-electron chi connectivity index (χ3n) is 8.79. The summed E-state index contributed by atoms with van der Waals surface area (Å²) in [7, 11) is 1.77. The molecule has 7 aromatic rings. The van der Waals surface area contributed by atoms with E-state index in [2.05, 4.69) is 38.7 Å². The molecule has 0 unspecified atom stereocenters. The Hall–Kier alpha value is -7.45. The Kier molecular flexibility index (Phi) is 11.1. The molecule has 266 valence electrons. The van der Waals surface area contributed by atoms with E-state index < -0.39 is 0 Å². The van der Waals surface area contributed by atoms with Gasteiger partial charge in [-0.15, -0.1) is 0 Å². The number of nitrogens with two attached hydrogens (primary N) is 1. The van der Waals surface area contributed by atoms with E-state index in [-0.39, 0.29) is 0 Å². The summed E-state index contributed by atoms with van der Waals surface area (Å²) in [5, 5.41) is 0. The lowest BCUT2D eigenvalue weighted by Gasteiger charge is -2.18. The fourth-order valence-corrected chi connectivity index (χ4v) is 6.11. The van der Waals surface area contributed by atoms with Gasteiger partial charge in [-0.3, -0.25) is 19.9 Å². The van der Waals surface area contributed by atoms with Crippen LogP contribution in [0, 0.1) is 0 Å². The van der Waals surface area contributed by atoms with Crippen LogP contribution in [0.2, 0.25) is 0 Å². The number of hydrogen-bond acceptors (Lipinski definition) is 8. The predicted octanol–water partition coefficient (Wildman–Crippen LogP) is 9.96. The first-order valence-electron chi connectivity index (χ1n) is 17.8. The van der Waals surface area contributed by atoms with Crippen molar-refractivity contribution in [2.75, 3.05) is 7.05 Å². The zero-order valence-electron chi connectivity index (χ0n) is 30.6. The number of aliphatic imine (C=N–C) groups is 1. The maximum absolute atomic E-state index is 7.03. The zero-order valence-corrected chi connectivity index (χ0v) is 30.6. The van der Waals surface area contributed by atoms with Crippen molar-refractivity contribution < 1.29 is 0 Å². The van der Waals surface area contributed by atoms with Crippen molar-refractivity contribution in [2.24, 2.45) is 10.7 Å². The Morgan fingerprint density at radius 1 is 0.564 bits per heavy atom. The zero-order chi connectivity index (χ0) is 38.0. The second-order valence-corrected chi connectivity index (χ2v) is 12.4. The molecule has 0 radical (unpaired) electrons. The van der Waals surface area contributed by atoms with Gasteiger partial charge in [-0.2, -0.15) is 0 Å². The van der Waals surface area contributed by atoms with Crippen molar-refractivity contribution in [3.63, 3.8) is 0 Å². The first-order valence-corrected chi connectivity index (χ1v) is 17.8. The average molecular weight is 715 g/mol. The second-order valence-electron chi connectivity index (χ2n) is 12.4. The van der Waals surface area contributed by atoms with Gasteiger partial charge in [0, 0.05) is 53.6 Å². The summed E-state index contributed by atoms with van der Waals surface area (Å²) in [5.41, 5.74) is 19.1. The van der Waals surface area contributed by atoms with Crippen LogP contribution in [0.25, 0.3) is 67.8 Å². The predicted molar refractivity (Wildman–Crippen MR) is 224 cm³/mol. The largest absolute Gasteiger partial charge is 0.398 e. The SMILES string of the molecule is C=C(/C=C\C=C(/N)c1cc(-c2cccc(-c3ccccn3)n2)c(-c2cccc(C(/C=C\C)=N/C)n2)cc1-c1cccc(-c2ccccn2)n1)c1ccccn1. The van der Waals surface area contributed by atoms with E-state index in [9.17, 15) is 0 Å². The van der Waals surface area contributed by atoms with Crippen LogP contribution in [-0.2, 0) is 0 Å². The van der Waals surface area contributed by atoms with Crippen molar-refractivity contribution in [3.05, 3.63) is 194 Å². The van der Waals surface area contributed by atoms with Crippen LogP contribution in [0.1, 0.15) is 23.9 Å². The van der Waals surface area contributed by atoms with Crippen molar-refractivity contribution in [1.82, 2.24) is 29.9 Å². The fourth-order valence-electron chi connectivity index (χ4n) is 6.11. The molecule has 55 heavy (non-hydrogen) atoms. The molecule has 0 saturated heterocycles. The van der Waals surface area contributed by atoms with E-state index in [1.54, 1.807) is 25.6 Å². The first kappa shape index (κ1) is 35.9. The van der Waals surface area contributed by atoms with Gasteiger partial charge >= 0.3 is 0 Å². The smallest absolute Gasteiger partial charge is 0.0893 e. The molecule has 0 spiro atoms. The van der Waals surface area contributed by atoms with E-state index in [0.29, 0.717) is 5.70 Å². The molecule has 7 rings (SSSR count). The van der Waals surface area contributed by atoms with Crippen LogP contribution < -0.4 is 5.73 Å². The molecule has 0 aliphatic rings. The van der Waals surface area contributed by atoms with Crippen LogP contribution in [-0.4, -0.2) is 42.7 Å². The van der Waals surface area contributed by atoms with Crippen LogP contribution in [0.3, 0.4) is 0 Å². The highest BCUT2D eigenvalue weighted by Gasteiger charge is 2.20. The molecule has 0 bridgehead atoms. The van der Waals surface area contributed by atoms with Gasteiger partial charge in [0.1, 0.15) is 0 Å². The van der Waals surface area contributed by atoms with E-state index in [4.69, 9.17) is 20.7 Å². The molecule has 1 aromatic carbocycles. The normalized spacial score (nSPS) is 12.0. The summed E-state index contributed by atoms with van der Waals surface area (Å²) in [6.45, 7) is 6.16. The lowest BCUT2D eigenvalue weighted by Crippen LogP contribution is -2.05. The maximum atomic E-state index is 7.03. The minimum atomic E-state index is 0.522. The lowest BCUT2D eigenvalue weighted by molar-refractivity contribution is 1.23. The van der Waals surface area contributed by atoms with Gasteiger partial charge in [0.25, 0.3) is 0 Å². The molecule has 0 fully saturated rings. The number of benzene rings is 1. The van der Waals surface area contributed by atoms with Crippen LogP contribution >= 0.6 is 0 Å². The van der Waals surface area contributed by atoms with Gasteiger partial charge in [0.15, 0.2) is 0 Å². The number of allylic oxidation sites excluding steroid dienone is 6. The Morgan fingerprint density at radius 3 is 1.67 bits per heavy atom. The molecule has 0 amide bonds. The lowest BCUT2D eigenvalue weighted by atomic mass is 9.90. The van der Waals surface area contributed by atoms with Crippen molar-refractivity contribution in [3.8, 4) is 56.5 Å². The molecule has 0 saturated carbocycles. The summed E-state index contributed by atoms with van der Waals surface area (Å²) in [5.74, 6) is 0. The minimum absolute atomic E-state index is 0.522. The van der Waals surface area contributed by atoms with Crippen molar-refractivity contribution in [1.29, 1.82) is 0 Å². The molecule has 2 N–H and O–H groups in total. The third kappa shape index (κ3) is 8.29. The van der Waals surface area contributed by atoms with Crippen molar-refractivity contribution in [2.45, 2.75) is 6.92 Å². The highest BCUT2D eigenvalue weighted by molar-refractivity contribution is 6.07. The Labute approximate surface area is 321 Å². The van der Waals surface area contributed by atoms with E-state index in [1.165, 1.54) is 0 Å². The summed E-state index contributed by atoms with van der Waals surface area (Å²) in [4.78, 5) is 33.5. The van der Waals surface area contributed by atoms with Gasteiger partial charge in [-0.05, 0) is 110 Å². The monoisotopic (exact) mass is 714 g/mol. The number of pyridine rings is 6. The Bertz CT molecular complexity index is 2570. The number of rotatable bonds is 11. The summed E-state index contributed by atoms with van der Waals surface area (Å²) in [6, 6.07) is 39.3. The molecule has 0 aliphatic heterocycles. The van der Waals surface area contributed by atoms with E-state index >= 15 is 0 Å². The Morgan fingerprint density at radius 2 is 1.09 bits per heavy atom. The molecular formula is C47H38N8. The molecule has 8 nitrogen and oxygen atoms in total. The number of aromatic nitrogens is 6. The van der Waals surface area contributed by atoms with Gasteiger partial charge in [-0.1, -0.05) is 61.2 Å². The van der Waals surface area contributed by atoms with Crippen molar-refractivity contribution >= 4 is 17.0 Å². The maximum Gasteiger partial charge on any atom is 0.0893 e. The molecule has 6 aromatic heterocycles. The van der Waals surface area contributed by atoms with Crippen LogP contribution in [0.15, 0.2) is 182 Å². The highest BCUT2D eigenvalue weighted by Crippen LogP contribution is 2.39. The number of hydrogen-bond donors (Lipinski definition) is 1. The van der Waals surface area contributed by atoms with Gasteiger partial charge in [-0.25, -0.2) is 15.0 Å². The van der Waals surface area contributed by atoms with E-state index in [1.807, 2.05) is 146 Å². The molecule has 6 heterocycles. The first-order chi connectivity index (χ1) is 27.0.